The molecule has 2 aromatic rings. The lowest BCUT2D eigenvalue weighted by molar-refractivity contribution is -0.138. The number of piperidine rings is 2. The van der Waals surface area contributed by atoms with Gasteiger partial charge in [-0.25, -0.2) is 8.42 Å². The molecule has 0 unspecified atom stereocenters. The predicted molar refractivity (Wildman–Crippen MR) is 111 cm³/mol. The monoisotopic (exact) mass is 417 g/mol. The van der Waals surface area contributed by atoms with Crippen LogP contribution >= 0.6 is 0 Å². The number of carbonyl (C=O) groups excluding carboxylic acids is 1. The van der Waals surface area contributed by atoms with Gasteiger partial charge in [0.2, 0.25) is 21.5 Å². The lowest BCUT2D eigenvalue weighted by Gasteiger charge is -2.36. The van der Waals surface area contributed by atoms with Gasteiger partial charge in [0, 0.05) is 43.7 Å². The molecule has 1 amide bonds. The van der Waals surface area contributed by atoms with Gasteiger partial charge in [0.1, 0.15) is 0 Å². The van der Waals surface area contributed by atoms with Gasteiger partial charge in [0.05, 0.1) is 4.90 Å². The summed E-state index contributed by atoms with van der Waals surface area (Å²) in [6, 6.07) is 7.75. The first-order valence-corrected chi connectivity index (χ1v) is 11.7. The van der Waals surface area contributed by atoms with Crippen LogP contribution in [0.4, 0.5) is 0 Å². The number of nitrogens with zero attached hydrogens (tertiary/aromatic N) is 2. The number of rotatable bonds is 3. The van der Waals surface area contributed by atoms with Gasteiger partial charge in [0.15, 0.2) is 0 Å². The molecule has 156 valence electrons. The van der Waals surface area contributed by atoms with Crippen molar-refractivity contribution in [3.63, 3.8) is 0 Å². The third-order valence-electron chi connectivity index (χ3n) is 6.23. The number of H-pyrrole nitrogens is 1. The lowest BCUT2D eigenvalue weighted by Crippen LogP contribution is -2.46. The van der Waals surface area contributed by atoms with Gasteiger partial charge in [-0.05, 0) is 61.3 Å². The van der Waals surface area contributed by atoms with Gasteiger partial charge in [-0.15, -0.1) is 0 Å². The van der Waals surface area contributed by atoms with Crippen molar-refractivity contribution in [2.24, 2.45) is 11.8 Å². The zero-order valence-electron chi connectivity index (χ0n) is 16.6. The number of nitrogens with one attached hydrogen (secondary N) is 1. The van der Waals surface area contributed by atoms with E-state index in [9.17, 15) is 18.0 Å². The molecule has 0 spiro atoms. The van der Waals surface area contributed by atoms with E-state index in [4.69, 9.17) is 0 Å². The van der Waals surface area contributed by atoms with Crippen molar-refractivity contribution >= 4 is 26.8 Å². The minimum absolute atomic E-state index is 0.0865. The highest BCUT2D eigenvalue weighted by atomic mass is 32.2. The van der Waals surface area contributed by atoms with Crippen LogP contribution in [-0.4, -0.2) is 54.7 Å². The van der Waals surface area contributed by atoms with E-state index in [0.717, 1.165) is 25.9 Å². The summed E-state index contributed by atoms with van der Waals surface area (Å²) in [4.78, 5) is 29.1. The average molecular weight is 418 g/mol. The van der Waals surface area contributed by atoms with Crippen molar-refractivity contribution in [2.45, 2.75) is 37.5 Å². The molecule has 3 heterocycles. The van der Waals surface area contributed by atoms with E-state index in [-0.39, 0.29) is 22.3 Å². The molecule has 2 saturated heterocycles. The number of sulfonamides is 1. The van der Waals surface area contributed by atoms with Crippen molar-refractivity contribution in [2.75, 3.05) is 26.2 Å². The van der Waals surface area contributed by atoms with Crippen molar-refractivity contribution in [1.82, 2.24) is 14.2 Å². The Labute approximate surface area is 170 Å². The Morgan fingerprint density at radius 1 is 1.00 bits per heavy atom. The second kappa shape index (κ2) is 7.91. The fraction of sp³-hybridized carbons (Fsp3) is 0.524. The zero-order valence-corrected chi connectivity index (χ0v) is 17.5. The van der Waals surface area contributed by atoms with Crippen LogP contribution in [0.25, 0.3) is 10.9 Å². The quantitative estimate of drug-likeness (QED) is 0.829. The van der Waals surface area contributed by atoms with E-state index in [1.54, 1.807) is 18.2 Å². The Kier molecular flexibility index (Phi) is 5.48. The number of carbonyl (C=O) groups is 1. The van der Waals surface area contributed by atoms with Crippen molar-refractivity contribution in [1.29, 1.82) is 0 Å². The minimum Gasteiger partial charge on any atom is -0.342 e. The first kappa shape index (κ1) is 20.1. The van der Waals surface area contributed by atoms with Gasteiger partial charge in [-0.1, -0.05) is 6.92 Å². The number of hydrogen-bond acceptors (Lipinski definition) is 4. The molecule has 2 aliphatic heterocycles. The van der Waals surface area contributed by atoms with Crippen LogP contribution in [0.15, 0.2) is 40.0 Å². The highest BCUT2D eigenvalue weighted by Gasteiger charge is 2.34. The molecule has 29 heavy (non-hydrogen) atoms. The summed E-state index contributed by atoms with van der Waals surface area (Å²) in [6.45, 7) is 4.56. The number of likely N-dealkylation sites (tertiary alicyclic amines) is 1. The molecule has 7 nitrogen and oxygen atoms in total. The van der Waals surface area contributed by atoms with E-state index in [2.05, 4.69) is 11.9 Å². The Balaban J connectivity index is 1.44. The average Bonchev–Trinajstić information content (AvgIpc) is 2.73. The maximum Gasteiger partial charge on any atom is 0.248 e. The Morgan fingerprint density at radius 3 is 2.38 bits per heavy atom. The Bertz CT molecular complexity index is 1060. The number of pyridine rings is 1. The molecule has 0 atom stereocenters. The fourth-order valence-electron chi connectivity index (χ4n) is 4.27. The molecule has 2 aliphatic rings. The minimum atomic E-state index is -3.63. The summed E-state index contributed by atoms with van der Waals surface area (Å²) < 4.78 is 27.6. The Morgan fingerprint density at radius 2 is 1.69 bits per heavy atom. The topological polar surface area (TPSA) is 90.6 Å². The van der Waals surface area contributed by atoms with Gasteiger partial charge < -0.3 is 9.88 Å². The maximum atomic E-state index is 13.1. The van der Waals surface area contributed by atoms with E-state index < -0.39 is 10.0 Å². The summed E-state index contributed by atoms with van der Waals surface area (Å²) in [5.41, 5.74) is 0.389. The number of hydrogen-bond donors (Lipinski definition) is 1. The standard InChI is InChI=1S/C21H27N3O4S/c1-15-6-10-23(11-7-15)21(26)16-8-12-24(13-9-16)29(27,28)18-3-4-19-17(14-18)2-5-20(25)22-19/h2-5,14-16H,6-13H2,1H3,(H,22,25). The molecule has 1 aromatic carbocycles. The van der Waals surface area contributed by atoms with Gasteiger partial charge >= 0.3 is 0 Å². The summed E-state index contributed by atoms with van der Waals surface area (Å²) in [7, 11) is -3.63. The first-order valence-electron chi connectivity index (χ1n) is 10.3. The van der Waals surface area contributed by atoms with Gasteiger partial charge in [-0.3, -0.25) is 9.59 Å². The molecule has 1 N–H and O–H groups in total. The van der Waals surface area contributed by atoms with Gasteiger partial charge in [0.25, 0.3) is 0 Å². The van der Waals surface area contributed by atoms with Crippen LogP contribution in [0, 0.1) is 11.8 Å². The van der Waals surface area contributed by atoms with Gasteiger partial charge in [-0.2, -0.15) is 4.31 Å². The van der Waals surface area contributed by atoms with Crippen LogP contribution in [-0.2, 0) is 14.8 Å². The molecule has 8 heteroatoms. The van der Waals surface area contributed by atoms with Crippen LogP contribution in [0.3, 0.4) is 0 Å². The van der Waals surface area contributed by atoms with E-state index in [0.29, 0.717) is 42.8 Å². The summed E-state index contributed by atoms with van der Waals surface area (Å²) in [6.07, 6.45) is 3.22. The molecule has 0 bridgehead atoms. The number of aromatic nitrogens is 1. The van der Waals surface area contributed by atoms with Crippen LogP contribution in [0.5, 0.6) is 0 Å². The summed E-state index contributed by atoms with van der Waals surface area (Å²) in [5, 5.41) is 0.676. The summed E-state index contributed by atoms with van der Waals surface area (Å²) in [5.74, 6) is 0.769. The molecule has 0 saturated carbocycles. The molecule has 1 aromatic heterocycles. The molecule has 2 fully saturated rings. The van der Waals surface area contributed by atoms with Crippen molar-refractivity contribution in [3.05, 3.63) is 40.7 Å². The molecule has 0 aliphatic carbocycles. The second-order valence-corrected chi connectivity index (χ2v) is 10.2. The van der Waals surface area contributed by atoms with Crippen molar-refractivity contribution < 1.29 is 13.2 Å². The van der Waals surface area contributed by atoms with Crippen LogP contribution in [0.2, 0.25) is 0 Å². The van der Waals surface area contributed by atoms with E-state index in [1.807, 2.05) is 4.90 Å². The number of amides is 1. The normalized spacial score (nSPS) is 20.2. The maximum absolute atomic E-state index is 13.1. The van der Waals surface area contributed by atoms with E-state index >= 15 is 0 Å². The molecular weight excluding hydrogens is 390 g/mol. The van der Waals surface area contributed by atoms with Crippen LogP contribution < -0.4 is 5.56 Å². The molecule has 4 rings (SSSR count). The first-order chi connectivity index (χ1) is 13.8. The van der Waals surface area contributed by atoms with E-state index in [1.165, 1.54) is 16.4 Å². The molecular formula is C21H27N3O4S. The number of fused-ring (bicyclic) bond motifs is 1. The third kappa shape index (κ3) is 4.09. The van der Waals surface area contributed by atoms with Crippen LogP contribution in [0.1, 0.15) is 32.6 Å². The highest BCUT2D eigenvalue weighted by Crippen LogP contribution is 2.27. The Hall–Kier alpha value is -2.19. The lowest BCUT2D eigenvalue weighted by atomic mass is 9.93. The number of aromatic amines is 1. The zero-order chi connectivity index (χ0) is 20.6. The van der Waals surface area contributed by atoms with Crippen molar-refractivity contribution in [3.8, 4) is 0 Å². The largest absolute Gasteiger partial charge is 0.342 e. The molecule has 0 radical (unpaired) electrons. The smallest absolute Gasteiger partial charge is 0.248 e. The summed E-state index contributed by atoms with van der Waals surface area (Å²) >= 11 is 0. The SMILES string of the molecule is CC1CCN(C(=O)C2CCN(S(=O)(=O)c3ccc4[nH]c(=O)ccc4c3)CC2)CC1. The highest BCUT2D eigenvalue weighted by molar-refractivity contribution is 7.89. The third-order valence-corrected chi connectivity index (χ3v) is 8.13. The number of benzene rings is 1. The second-order valence-electron chi connectivity index (χ2n) is 8.26. The predicted octanol–water partition coefficient (Wildman–Crippen LogP) is 2.19. The fourth-order valence-corrected chi connectivity index (χ4v) is 5.78.